The van der Waals surface area contributed by atoms with Gasteiger partial charge >= 0.3 is 0 Å². The number of aliphatic hydroxyl groups is 1. The minimum absolute atomic E-state index is 0.0945. The van der Waals surface area contributed by atoms with Gasteiger partial charge in [-0.05, 0) is 37.3 Å². The highest BCUT2D eigenvalue weighted by Crippen LogP contribution is 2.39. The summed E-state index contributed by atoms with van der Waals surface area (Å²) in [4.78, 5) is 4.46. The van der Waals surface area contributed by atoms with E-state index in [1.54, 1.807) is 11.3 Å². The van der Waals surface area contributed by atoms with E-state index in [-0.39, 0.29) is 12.1 Å². The molecule has 112 valence electrons. The first-order chi connectivity index (χ1) is 10.3. The second kappa shape index (κ2) is 6.49. The number of nitrogens with one attached hydrogen (secondary N) is 1. The van der Waals surface area contributed by atoms with Crippen LogP contribution in [-0.2, 0) is 6.42 Å². The van der Waals surface area contributed by atoms with E-state index in [0.717, 1.165) is 41.5 Å². The number of pyridine rings is 1. The molecule has 0 aliphatic heterocycles. The van der Waals surface area contributed by atoms with Gasteiger partial charge in [0.15, 0.2) is 0 Å². The summed E-state index contributed by atoms with van der Waals surface area (Å²) in [5.41, 5.74) is 1.00. The van der Waals surface area contributed by atoms with Crippen molar-refractivity contribution in [2.45, 2.75) is 44.8 Å². The van der Waals surface area contributed by atoms with Gasteiger partial charge in [0.1, 0.15) is 5.01 Å². The highest BCUT2D eigenvalue weighted by atomic mass is 32.1. The highest BCUT2D eigenvalue weighted by molar-refractivity contribution is 7.15. The summed E-state index contributed by atoms with van der Waals surface area (Å²) in [6.07, 6.45) is 5.31. The average molecular weight is 304 g/mol. The Bertz CT molecular complexity index is 568. The number of anilines is 1. The van der Waals surface area contributed by atoms with Gasteiger partial charge in [-0.2, -0.15) is 0 Å². The predicted molar refractivity (Wildman–Crippen MR) is 83.2 cm³/mol. The van der Waals surface area contributed by atoms with Crippen molar-refractivity contribution in [2.24, 2.45) is 5.92 Å². The summed E-state index contributed by atoms with van der Waals surface area (Å²) in [6, 6.07) is 6.03. The first-order valence-corrected chi connectivity index (χ1v) is 8.25. The van der Waals surface area contributed by atoms with Crippen LogP contribution in [0.1, 0.15) is 42.9 Å². The van der Waals surface area contributed by atoms with Crippen LogP contribution < -0.4 is 5.32 Å². The van der Waals surface area contributed by atoms with Crippen LogP contribution in [0, 0.1) is 5.92 Å². The largest absolute Gasteiger partial charge is 0.393 e. The predicted octanol–water partition coefficient (Wildman–Crippen LogP) is 2.81. The third-order valence-corrected chi connectivity index (χ3v) is 4.75. The van der Waals surface area contributed by atoms with Gasteiger partial charge in [0.25, 0.3) is 0 Å². The quantitative estimate of drug-likeness (QED) is 0.858. The molecular weight excluding hydrogens is 284 g/mol. The summed E-state index contributed by atoms with van der Waals surface area (Å²) in [7, 11) is 0. The van der Waals surface area contributed by atoms with Crippen LogP contribution >= 0.6 is 11.3 Å². The van der Waals surface area contributed by atoms with Crippen molar-refractivity contribution in [3.8, 4) is 0 Å². The number of aliphatic hydroxyl groups excluding tert-OH is 1. The average Bonchev–Trinajstić information content (AvgIpc) is 2.91. The van der Waals surface area contributed by atoms with Crippen LogP contribution in [0.5, 0.6) is 0 Å². The molecule has 5 nitrogen and oxygen atoms in total. The lowest BCUT2D eigenvalue weighted by molar-refractivity contribution is 0.0334. The third-order valence-electron chi connectivity index (χ3n) is 3.84. The van der Waals surface area contributed by atoms with Crippen LogP contribution in [0.4, 0.5) is 5.13 Å². The molecule has 2 N–H and O–H groups in total. The maximum absolute atomic E-state index is 9.58. The Balaban J connectivity index is 1.75. The van der Waals surface area contributed by atoms with Crippen LogP contribution in [0.3, 0.4) is 0 Å². The van der Waals surface area contributed by atoms with E-state index < -0.39 is 0 Å². The topological polar surface area (TPSA) is 70.9 Å². The van der Waals surface area contributed by atoms with Crippen molar-refractivity contribution < 1.29 is 5.11 Å². The van der Waals surface area contributed by atoms with Gasteiger partial charge in [-0.25, -0.2) is 0 Å². The molecule has 0 saturated heterocycles. The zero-order valence-electron chi connectivity index (χ0n) is 12.1. The first kappa shape index (κ1) is 14.4. The van der Waals surface area contributed by atoms with Gasteiger partial charge in [0, 0.05) is 12.6 Å². The molecule has 21 heavy (non-hydrogen) atoms. The molecule has 1 aliphatic rings. The van der Waals surface area contributed by atoms with Crippen molar-refractivity contribution >= 4 is 16.5 Å². The van der Waals surface area contributed by atoms with E-state index in [2.05, 4.69) is 27.4 Å². The molecule has 0 radical (unpaired) electrons. The maximum atomic E-state index is 9.58. The van der Waals surface area contributed by atoms with E-state index in [1.807, 2.05) is 24.4 Å². The lowest BCUT2D eigenvalue weighted by atomic mass is 9.76. The molecule has 6 heteroatoms. The molecule has 2 heterocycles. The Kier molecular flexibility index (Phi) is 4.45. The zero-order chi connectivity index (χ0) is 14.7. The summed E-state index contributed by atoms with van der Waals surface area (Å²) < 4.78 is 0. The van der Waals surface area contributed by atoms with Gasteiger partial charge in [0.05, 0.1) is 17.8 Å². The zero-order valence-corrected chi connectivity index (χ0v) is 12.9. The number of hydrogen-bond donors (Lipinski definition) is 2. The van der Waals surface area contributed by atoms with E-state index in [1.165, 1.54) is 0 Å². The fourth-order valence-electron chi connectivity index (χ4n) is 2.66. The Hall–Kier alpha value is -1.53. The monoisotopic (exact) mass is 304 g/mol. The Morgan fingerprint density at radius 1 is 1.38 bits per heavy atom. The maximum Gasteiger partial charge on any atom is 0.206 e. The molecule has 1 fully saturated rings. The second-order valence-corrected chi connectivity index (χ2v) is 6.57. The Morgan fingerprint density at radius 3 is 2.90 bits per heavy atom. The summed E-state index contributed by atoms with van der Waals surface area (Å²) in [5.74, 6) is 0.397. The minimum Gasteiger partial charge on any atom is -0.393 e. The van der Waals surface area contributed by atoms with E-state index in [4.69, 9.17) is 0 Å². The van der Waals surface area contributed by atoms with Crippen LogP contribution in [0.2, 0.25) is 0 Å². The second-order valence-electron chi connectivity index (χ2n) is 5.51. The number of hydrogen-bond acceptors (Lipinski definition) is 6. The molecule has 2 aromatic rings. The molecule has 0 bridgehead atoms. The van der Waals surface area contributed by atoms with Gasteiger partial charge in [-0.1, -0.05) is 24.3 Å². The molecule has 0 unspecified atom stereocenters. The highest BCUT2D eigenvalue weighted by Gasteiger charge is 2.35. The molecule has 0 amide bonds. The van der Waals surface area contributed by atoms with Crippen molar-refractivity contribution in [1.82, 2.24) is 15.2 Å². The van der Waals surface area contributed by atoms with Gasteiger partial charge < -0.3 is 10.4 Å². The lowest BCUT2D eigenvalue weighted by Gasteiger charge is -2.37. The standard InChI is InChI=1S/C15H20N4OS/c1-2-5-13-18-19-15(21-13)17-14(10-8-11(20)9-10)12-6-3-4-7-16-12/h3-4,6-7,10-11,14,20H,2,5,8-9H2,1H3,(H,17,19)/t10?,11?,14-/m1/s1. The lowest BCUT2D eigenvalue weighted by Crippen LogP contribution is -2.36. The van der Waals surface area contributed by atoms with Crippen molar-refractivity contribution in [3.05, 3.63) is 35.1 Å². The molecule has 1 aliphatic carbocycles. The van der Waals surface area contributed by atoms with Crippen LogP contribution in [-0.4, -0.2) is 26.4 Å². The van der Waals surface area contributed by atoms with E-state index in [0.29, 0.717) is 5.92 Å². The normalized spacial score (nSPS) is 22.6. The number of aryl methyl sites for hydroxylation is 1. The summed E-state index contributed by atoms with van der Waals surface area (Å²) in [6.45, 7) is 2.14. The van der Waals surface area contributed by atoms with E-state index in [9.17, 15) is 5.11 Å². The Labute approximate surface area is 128 Å². The van der Waals surface area contributed by atoms with E-state index >= 15 is 0 Å². The summed E-state index contributed by atoms with van der Waals surface area (Å²) >= 11 is 1.61. The van der Waals surface area contributed by atoms with Gasteiger partial charge in [0.2, 0.25) is 5.13 Å². The van der Waals surface area contributed by atoms with Crippen molar-refractivity contribution in [2.75, 3.05) is 5.32 Å². The minimum atomic E-state index is -0.173. The number of rotatable bonds is 6. The summed E-state index contributed by atoms with van der Waals surface area (Å²) in [5, 5.41) is 23.4. The fraction of sp³-hybridized carbons (Fsp3) is 0.533. The number of nitrogens with zero attached hydrogens (tertiary/aromatic N) is 3. The Morgan fingerprint density at radius 2 is 2.24 bits per heavy atom. The molecular formula is C15H20N4OS. The molecule has 0 aromatic carbocycles. The SMILES string of the molecule is CCCc1nnc(N[C@@H](c2ccccn2)C2CC(O)C2)s1. The molecule has 0 spiro atoms. The number of aromatic nitrogens is 3. The van der Waals surface area contributed by atoms with Gasteiger partial charge in [-0.15, -0.1) is 10.2 Å². The molecule has 1 atom stereocenters. The van der Waals surface area contributed by atoms with Gasteiger partial charge in [-0.3, -0.25) is 4.98 Å². The van der Waals surface area contributed by atoms with Crippen LogP contribution in [0.15, 0.2) is 24.4 Å². The van der Waals surface area contributed by atoms with Crippen LogP contribution in [0.25, 0.3) is 0 Å². The van der Waals surface area contributed by atoms with Crippen molar-refractivity contribution in [1.29, 1.82) is 0 Å². The smallest absolute Gasteiger partial charge is 0.206 e. The fourth-order valence-corrected chi connectivity index (χ4v) is 3.53. The van der Waals surface area contributed by atoms with Crippen molar-refractivity contribution in [3.63, 3.8) is 0 Å². The molecule has 2 aromatic heterocycles. The third kappa shape index (κ3) is 3.39. The first-order valence-electron chi connectivity index (χ1n) is 7.44. The molecule has 1 saturated carbocycles. The molecule has 3 rings (SSSR count).